The van der Waals surface area contributed by atoms with Gasteiger partial charge in [0.05, 0.1) is 6.04 Å². The van der Waals surface area contributed by atoms with Crippen LogP contribution in [0.15, 0.2) is 4.52 Å². The number of carbonyl (C=O) groups is 1. The van der Waals surface area contributed by atoms with E-state index in [-0.39, 0.29) is 23.9 Å². The lowest BCUT2D eigenvalue weighted by molar-refractivity contribution is -0.140. The molecule has 0 aromatic carbocycles. The third-order valence-corrected chi connectivity index (χ3v) is 4.23. The topological polar surface area (TPSA) is 65.7 Å². The van der Waals surface area contributed by atoms with Crippen LogP contribution in [0.3, 0.4) is 0 Å². The van der Waals surface area contributed by atoms with E-state index in [0.29, 0.717) is 18.3 Å². The summed E-state index contributed by atoms with van der Waals surface area (Å²) in [5, 5.41) is 3.86. The Balaban J connectivity index is 2.14. The highest BCUT2D eigenvalue weighted by Crippen LogP contribution is 2.24. The number of aryl methyl sites for hydroxylation is 1. The van der Waals surface area contributed by atoms with Gasteiger partial charge in [-0.15, -0.1) is 0 Å². The molecule has 1 aromatic rings. The fourth-order valence-electron chi connectivity index (χ4n) is 3.08. The molecule has 2 rings (SSSR count). The van der Waals surface area contributed by atoms with Gasteiger partial charge in [0, 0.05) is 19.6 Å². The van der Waals surface area contributed by atoms with E-state index in [9.17, 15) is 4.79 Å². The molecule has 1 unspecified atom stereocenters. The van der Waals surface area contributed by atoms with Crippen LogP contribution in [0.25, 0.3) is 0 Å². The molecular formula is C15H27N5O2. The van der Waals surface area contributed by atoms with Gasteiger partial charge in [-0.1, -0.05) is 19.0 Å². The average molecular weight is 309 g/mol. The summed E-state index contributed by atoms with van der Waals surface area (Å²) in [5.41, 5.74) is 0. The molecule has 1 fully saturated rings. The molecular weight excluding hydrogens is 282 g/mol. The maximum absolute atomic E-state index is 12.9. The average Bonchev–Trinajstić information content (AvgIpc) is 2.84. The minimum atomic E-state index is -0.103. The molecule has 0 radical (unpaired) electrons. The van der Waals surface area contributed by atoms with Gasteiger partial charge in [-0.25, -0.2) is 0 Å². The van der Waals surface area contributed by atoms with Crippen molar-refractivity contribution in [2.75, 3.05) is 40.8 Å². The molecule has 0 N–H and O–H groups in total. The van der Waals surface area contributed by atoms with Gasteiger partial charge in [-0.3, -0.25) is 14.6 Å². The molecule has 2 heterocycles. The van der Waals surface area contributed by atoms with E-state index in [2.05, 4.69) is 28.9 Å². The highest BCUT2D eigenvalue weighted by atomic mass is 16.5. The second kappa shape index (κ2) is 6.75. The van der Waals surface area contributed by atoms with Gasteiger partial charge in [-0.05, 0) is 34.0 Å². The standard InChI is InChI=1S/C15H27N5O2/c1-10(2)13(18(4)5)15(21)20-8-7-19(6)12(9-20)14-16-11(3)17-22-14/h10,12-13H,7-9H2,1-6H3/t12?,13-/m0/s1. The van der Waals surface area contributed by atoms with E-state index in [1.807, 2.05) is 30.9 Å². The highest BCUT2D eigenvalue weighted by molar-refractivity contribution is 5.82. The first-order valence-corrected chi connectivity index (χ1v) is 7.77. The first-order chi connectivity index (χ1) is 10.3. The van der Waals surface area contributed by atoms with Crippen molar-refractivity contribution in [1.29, 1.82) is 0 Å². The molecule has 0 saturated carbocycles. The third-order valence-electron chi connectivity index (χ3n) is 4.23. The van der Waals surface area contributed by atoms with Crippen molar-refractivity contribution in [3.63, 3.8) is 0 Å². The molecule has 2 atom stereocenters. The Labute approximate surface area is 132 Å². The maximum atomic E-state index is 12.9. The van der Waals surface area contributed by atoms with Crippen molar-refractivity contribution in [2.45, 2.75) is 32.9 Å². The zero-order chi connectivity index (χ0) is 16.4. The predicted molar refractivity (Wildman–Crippen MR) is 83.3 cm³/mol. The van der Waals surface area contributed by atoms with Gasteiger partial charge in [-0.2, -0.15) is 4.98 Å². The van der Waals surface area contributed by atoms with Crippen LogP contribution in [-0.4, -0.2) is 77.6 Å². The van der Waals surface area contributed by atoms with E-state index in [1.165, 1.54) is 0 Å². The zero-order valence-electron chi connectivity index (χ0n) is 14.4. The Morgan fingerprint density at radius 1 is 1.36 bits per heavy atom. The molecule has 1 aliphatic heterocycles. The van der Waals surface area contributed by atoms with Crippen molar-refractivity contribution in [2.24, 2.45) is 5.92 Å². The number of rotatable bonds is 4. The molecule has 124 valence electrons. The third kappa shape index (κ3) is 3.47. The van der Waals surface area contributed by atoms with E-state index in [1.54, 1.807) is 6.92 Å². The number of piperazine rings is 1. The largest absolute Gasteiger partial charge is 0.338 e. The fraction of sp³-hybridized carbons (Fsp3) is 0.800. The molecule has 1 saturated heterocycles. The lowest BCUT2D eigenvalue weighted by Crippen LogP contribution is -2.55. The van der Waals surface area contributed by atoms with Crippen LogP contribution in [0.5, 0.6) is 0 Å². The van der Waals surface area contributed by atoms with Crippen LogP contribution in [-0.2, 0) is 4.79 Å². The Bertz CT molecular complexity index is 506. The van der Waals surface area contributed by atoms with Gasteiger partial charge >= 0.3 is 0 Å². The van der Waals surface area contributed by atoms with Crippen molar-refractivity contribution in [3.05, 3.63) is 11.7 Å². The van der Waals surface area contributed by atoms with E-state index >= 15 is 0 Å². The van der Waals surface area contributed by atoms with Crippen LogP contribution in [0.2, 0.25) is 0 Å². The molecule has 7 heteroatoms. The second-order valence-corrected chi connectivity index (χ2v) is 6.61. The number of nitrogens with zero attached hydrogens (tertiary/aromatic N) is 5. The summed E-state index contributed by atoms with van der Waals surface area (Å²) in [4.78, 5) is 23.3. The SMILES string of the molecule is Cc1noc(C2CN(C(=O)[C@H](C(C)C)N(C)C)CCN2C)n1. The van der Waals surface area contributed by atoms with Crippen molar-refractivity contribution in [1.82, 2.24) is 24.8 Å². The van der Waals surface area contributed by atoms with E-state index < -0.39 is 0 Å². The highest BCUT2D eigenvalue weighted by Gasteiger charge is 2.36. The van der Waals surface area contributed by atoms with E-state index in [4.69, 9.17) is 4.52 Å². The van der Waals surface area contributed by atoms with E-state index in [0.717, 1.165) is 13.1 Å². The summed E-state index contributed by atoms with van der Waals surface area (Å²) in [7, 11) is 5.94. The normalized spacial score (nSPS) is 21.6. The smallest absolute Gasteiger partial charge is 0.245 e. The van der Waals surface area contributed by atoms with Gasteiger partial charge in [0.2, 0.25) is 11.8 Å². The Morgan fingerprint density at radius 3 is 2.55 bits per heavy atom. The molecule has 22 heavy (non-hydrogen) atoms. The fourth-order valence-corrected chi connectivity index (χ4v) is 3.08. The zero-order valence-corrected chi connectivity index (χ0v) is 14.4. The molecule has 0 bridgehead atoms. The summed E-state index contributed by atoms with van der Waals surface area (Å²) in [6, 6.07) is -0.137. The number of likely N-dealkylation sites (N-methyl/N-ethyl adjacent to an activating group) is 2. The van der Waals surface area contributed by atoms with Crippen LogP contribution >= 0.6 is 0 Å². The predicted octanol–water partition coefficient (Wildman–Crippen LogP) is 0.779. The molecule has 0 spiro atoms. The van der Waals surface area contributed by atoms with Crippen LogP contribution in [0.1, 0.15) is 31.6 Å². The molecule has 7 nitrogen and oxygen atoms in total. The number of amides is 1. The molecule has 0 aliphatic carbocycles. The number of hydrogen-bond acceptors (Lipinski definition) is 6. The first kappa shape index (κ1) is 16.9. The van der Waals surface area contributed by atoms with Gasteiger partial charge < -0.3 is 9.42 Å². The first-order valence-electron chi connectivity index (χ1n) is 7.77. The van der Waals surface area contributed by atoms with Gasteiger partial charge in [0.15, 0.2) is 5.82 Å². The summed E-state index contributed by atoms with van der Waals surface area (Å²) < 4.78 is 5.31. The van der Waals surface area contributed by atoms with Gasteiger partial charge in [0.1, 0.15) is 6.04 Å². The molecule has 1 aliphatic rings. The Morgan fingerprint density at radius 2 is 2.05 bits per heavy atom. The van der Waals surface area contributed by atoms with Crippen molar-refractivity contribution < 1.29 is 9.32 Å². The van der Waals surface area contributed by atoms with Crippen molar-refractivity contribution in [3.8, 4) is 0 Å². The quantitative estimate of drug-likeness (QED) is 0.819. The van der Waals surface area contributed by atoms with Crippen molar-refractivity contribution >= 4 is 5.91 Å². The maximum Gasteiger partial charge on any atom is 0.245 e. The minimum Gasteiger partial charge on any atom is -0.338 e. The summed E-state index contributed by atoms with van der Waals surface area (Å²) in [5.74, 6) is 1.66. The lowest BCUT2D eigenvalue weighted by atomic mass is 10.0. The number of carbonyl (C=O) groups excluding carboxylic acids is 1. The minimum absolute atomic E-state index is 0.0334. The van der Waals surface area contributed by atoms with Crippen LogP contribution in [0, 0.1) is 12.8 Å². The molecule has 1 amide bonds. The number of aromatic nitrogens is 2. The summed E-state index contributed by atoms with van der Waals surface area (Å²) in [6.07, 6.45) is 0. The summed E-state index contributed by atoms with van der Waals surface area (Å²) in [6.45, 7) is 8.09. The monoisotopic (exact) mass is 309 g/mol. The second-order valence-electron chi connectivity index (χ2n) is 6.61. The van der Waals surface area contributed by atoms with Gasteiger partial charge in [0.25, 0.3) is 0 Å². The van der Waals surface area contributed by atoms with Crippen LogP contribution < -0.4 is 0 Å². The summed E-state index contributed by atoms with van der Waals surface area (Å²) >= 11 is 0. The van der Waals surface area contributed by atoms with Crippen LogP contribution in [0.4, 0.5) is 0 Å². The lowest BCUT2D eigenvalue weighted by Gasteiger charge is -2.40. The Hall–Kier alpha value is -1.47. The molecule has 1 aromatic heterocycles. The Kier molecular flexibility index (Phi) is 5.18. The number of hydrogen-bond donors (Lipinski definition) is 0.